The van der Waals surface area contributed by atoms with Gasteiger partial charge in [-0.1, -0.05) is 17.8 Å². The maximum atomic E-state index is 11.8. The number of benzene rings is 1. The Morgan fingerprint density at radius 3 is 2.85 bits per heavy atom. The molecule has 20 heavy (non-hydrogen) atoms. The van der Waals surface area contributed by atoms with Crippen LogP contribution in [0.5, 0.6) is 0 Å². The Bertz CT molecular complexity index is 566. The van der Waals surface area contributed by atoms with Crippen molar-refractivity contribution in [2.75, 3.05) is 11.1 Å². The zero-order chi connectivity index (χ0) is 14.5. The number of carbonyl (C=O) groups excluding carboxylic acids is 1. The van der Waals surface area contributed by atoms with E-state index in [9.17, 15) is 4.79 Å². The molecule has 1 amide bonds. The minimum Gasteiger partial charge on any atom is -0.370 e. The van der Waals surface area contributed by atoms with E-state index in [0.717, 1.165) is 30.3 Å². The molecule has 0 fully saturated rings. The van der Waals surface area contributed by atoms with Crippen molar-refractivity contribution in [3.63, 3.8) is 0 Å². The minimum absolute atomic E-state index is 0.0749. The fourth-order valence-corrected chi connectivity index (χ4v) is 2.64. The van der Waals surface area contributed by atoms with Gasteiger partial charge in [0.25, 0.3) is 0 Å². The number of rotatable bonds is 3. The Hall–Kier alpha value is -2.02. The number of carbonyl (C=O) groups is 1. The molecule has 0 spiro atoms. The van der Waals surface area contributed by atoms with Gasteiger partial charge < -0.3 is 16.8 Å². The van der Waals surface area contributed by atoms with E-state index >= 15 is 0 Å². The number of fused-ring (bicyclic) bond motifs is 1. The molecule has 2 rings (SSSR count). The van der Waals surface area contributed by atoms with Crippen LogP contribution in [0.1, 0.15) is 17.5 Å². The number of amides is 1. The van der Waals surface area contributed by atoms with Crippen LogP contribution in [0.25, 0.3) is 0 Å². The van der Waals surface area contributed by atoms with Crippen molar-refractivity contribution in [3.05, 3.63) is 29.3 Å². The lowest BCUT2D eigenvalue weighted by molar-refractivity contribution is -0.113. The Balaban J connectivity index is 1.86. The molecule has 0 aromatic heterocycles. The lowest BCUT2D eigenvalue weighted by atomic mass is 10.1. The molecule has 0 atom stereocenters. The summed E-state index contributed by atoms with van der Waals surface area (Å²) in [6.07, 6.45) is 3.37. The monoisotopic (exact) mass is 291 g/mol. The minimum atomic E-state index is -0.179. The predicted octanol–water partition coefficient (Wildman–Crippen LogP) is 1.06. The Kier molecular flexibility index (Phi) is 4.62. The third kappa shape index (κ3) is 3.99. The number of aliphatic imine (C=N–C) groups is 1. The van der Waals surface area contributed by atoms with Crippen LogP contribution in [-0.4, -0.2) is 22.8 Å². The molecular formula is C13H17N5OS. The number of nitrogens with one attached hydrogen (secondary N) is 2. The summed E-state index contributed by atoms with van der Waals surface area (Å²) in [5.74, 6) is -0.253. The van der Waals surface area contributed by atoms with Gasteiger partial charge in [-0.25, -0.2) is 0 Å². The second-order valence-electron chi connectivity index (χ2n) is 4.52. The first kappa shape index (κ1) is 14.4. The Labute approximate surface area is 121 Å². The number of hydrogen-bond donors (Lipinski definition) is 4. The molecule has 1 aromatic carbocycles. The standard InChI is InChI=1S/C13H17N5OS/c14-12(15)18-13(16)20-7-11(19)17-10-5-4-8-2-1-3-9(8)6-10/h4-6H,1-3,7H2,(H,17,19)(H5,14,15,16,18). The number of nitrogens with zero attached hydrogens (tertiary/aromatic N) is 1. The summed E-state index contributed by atoms with van der Waals surface area (Å²) in [6.45, 7) is 0. The van der Waals surface area contributed by atoms with E-state index in [0.29, 0.717) is 0 Å². The molecule has 0 unspecified atom stereocenters. The molecule has 1 aliphatic carbocycles. The number of amidine groups is 1. The molecule has 7 heteroatoms. The highest BCUT2D eigenvalue weighted by Crippen LogP contribution is 2.24. The van der Waals surface area contributed by atoms with Gasteiger partial charge in [0.1, 0.15) is 0 Å². The van der Waals surface area contributed by atoms with E-state index in [1.165, 1.54) is 17.5 Å². The van der Waals surface area contributed by atoms with Gasteiger partial charge in [0.15, 0.2) is 11.1 Å². The van der Waals surface area contributed by atoms with Crippen LogP contribution in [0.15, 0.2) is 23.2 Å². The molecule has 106 valence electrons. The van der Waals surface area contributed by atoms with Gasteiger partial charge in [0, 0.05) is 5.69 Å². The van der Waals surface area contributed by atoms with E-state index in [2.05, 4.69) is 16.4 Å². The number of anilines is 1. The average molecular weight is 291 g/mol. The smallest absolute Gasteiger partial charge is 0.234 e. The topological polar surface area (TPSA) is 117 Å². The summed E-state index contributed by atoms with van der Waals surface area (Å²) in [6, 6.07) is 5.99. The van der Waals surface area contributed by atoms with E-state index in [4.69, 9.17) is 16.9 Å². The molecule has 1 aliphatic rings. The highest BCUT2D eigenvalue weighted by atomic mass is 32.2. The van der Waals surface area contributed by atoms with Gasteiger partial charge >= 0.3 is 0 Å². The fourth-order valence-electron chi connectivity index (χ4n) is 2.13. The zero-order valence-electron chi connectivity index (χ0n) is 11.0. The number of aryl methyl sites for hydroxylation is 2. The van der Waals surface area contributed by atoms with Crippen LogP contribution in [-0.2, 0) is 17.6 Å². The lowest BCUT2D eigenvalue weighted by Crippen LogP contribution is -2.24. The molecule has 0 aliphatic heterocycles. The first-order valence-electron chi connectivity index (χ1n) is 6.27. The number of guanidine groups is 1. The van der Waals surface area contributed by atoms with Crippen LogP contribution in [0.3, 0.4) is 0 Å². The van der Waals surface area contributed by atoms with Gasteiger partial charge in [0.2, 0.25) is 5.91 Å². The summed E-state index contributed by atoms with van der Waals surface area (Å²) < 4.78 is 0. The largest absolute Gasteiger partial charge is 0.370 e. The zero-order valence-corrected chi connectivity index (χ0v) is 11.8. The van der Waals surface area contributed by atoms with Crippen molar-refractivity contribution in [1.82, 2.24) is 0 Å². The quantitative estimate of drug-likeness (QED) is 0.492. The maximum absolute atomic E-state index is 11.8. The fraction of sp³-hybridized carbons (Fsp3) is 0.308. The molecule has 1 aromatic rings. The van der Waals surface area contributed by atoms with Crippen LogP contribution in [0, 0.1) is 5.41 Å². The van der Waals surface area contributed by atoms with Gasteiger partial charge in [-0.15, -0.1) is 0 Å². The summed E-state index contributed by atoms with van der Waals surface area (Å²) in [7, 11) is 0. The van der Waals surface area contributed by atoms with Crippen LogP contribution in [0.4, 0.5) is 5.69 Å². The van der Waals surface area contributed by atoms with Gasteiger partial charge in [0.05, 0.1) is 5.75 Å². The summed E-state index contributed by atoms with van der Waals surface area (Å²) in [5, 5.41) is 10.2. The third-order valence-corrected chi connectivity index (χ3v) is 3.72. The highest BCUT2D eigenvalue weighted by molar-refractivity contribution is 8.14. The van der Waals surface area contributed by atoms with Crippen molar-refractivity contribution in [2.45, 2.75) is 19.3 Å². The van der Waals surface area contributed by atoms with Crippen molar-refractivity contribution >= 4 is 34.5 Å². The average Bonchev–Trinajstić information content (AvgIpc) is 2.83. The Morgan fingerprint density at radius 2 is 2.10 bits per heavy atom. The summed E-state index contributed by atoms with van der Waals surface area (Å²) in [4.78, 5) is 15.3. The van der Waals surface area contributed by atoms with E-state index in [-0.39, 0.29) is 22.8 Å². The van der Waals surface area contributed by atoms with Crippen LogP contribution < -0.4 is 16.8 Å². The summed E-state index contributed by atoms with van der Waals surface area (Å²) in [5.41, 5.74) is 13.8. The number of hydrogen-bond acceptors (Lipinski definition) is 3. The molecule has 0 saturated carbocycles. The molecule has 0 saturated heterocycles. The third-order valence-electron chi connectivity index (χ3n) is 2.95. The number of thioether (sulfide) groups is 1. The first-order valence-corrected chi connectivity index (χ1v) is 7.26. The molecule has 6 nitrogen and oxygen atoms in total. The van der Waals surface area contributed by atoms with Crippen molar-refractivity contribution in [1.29, 1.82) is 5.41 Å². The van der Waals surface area contributed by atoms with Gasteiger partial charge in [-0.05, 0) is 42.5 Å². The van der Waals surface area contributed by atoms with Crippen LogP contribution in [0.2, 0.25) is 0 Å². The normalized spacial score (nSPS) is 12.6. The summed E-state index contributed by atoms with van der Waals surface area (Å²) >= 11 is 0.981. The SMILES string of the molecule is N=C(N=C(N)N)SCC(=O)Nc1ccc2c(c1)CCC2. The van der Waals surface area contributed by atoms with E-state index < -0.39 is 0 Å². The highest BCUT2D eigenvalue weighted by Gasteiger charge is 2.12. The van der Waals surface area contributed by atoms with Gasteiger partial charge in [-0.2, -0.15) is 4.99 Å². The maximum Gasteiger partial charge on any atom is 0.234 e. The second kappa shape index (κ2) is 6.42. The molecule has 0 bridgehead atoms. The second-order valence-corrected chi connectivity index (χ2v) is 5.48. The van der Waals surface area contributed by atoms with Crippen molar-refractivity contribution < 1.29 is 4.79 Å². The number of nitrogens with two attached hydrogens (primary N) is 2. The molecule has 0 heterocycles. The Morgan fingerprint density at radius 1 is 1.35 bits per heavy atom. The molecular weight excluding hydrogens is 274 g/mol. The van der Waals surface area contributed by atoms with Crippen LogP contribution >= 0.6 is 11.8 Å². The van der Waals surface area contributed by atoms with E-state index in [1.807, 2.05) is 12.1 Å². The molecule has 6 N–H and O–H groups in total. The lowest BCUT2D eigenvalue weighted by Gasteiger charge is -2.07. The van der Waals surface area contributed by atoms with Crippen molar-refractivity contribution in [2.24, 2.45) is 16.5 Å². The van der Waals surface area contributed by atoms with Crippen molar-refractivity contribution in [3.8, 4) is 0 Å². The van der Waals surface area contributed by atoms with E-state index in [1.54, 1.807) is 0 Å². The van der Waals surface area contributed by atoms with Gasteiger partial charge in [-0.3, -0.25) is 10.2 Å². The predicted molar refractivity (Wildman–Crippen MR) is 83.1 cm³/mol. The molecule has 0 radical (unpaired) electrons. The first-order chi connectivity index (χ1) is 9.54.